The van der Waals surface area contributed by atoms with Crippen LogP contribution in [0.5, 0.6) is 5.75 Å². The second kappa shape index (κ2) is 5.76. The van der Waals surface area contributed by atoms with Crippen LogP contribution in [-0.4, -0.2) is 31.0 Å². The third-order valence-electron chi connectivity index (χ3n) is 3.36. The molecule has 0 aromatic heterocycles. The lowest BCUT2D eigenvalue weighted by Crippen LogP contribution is -2.44. The molecule has 1 aromatic rings. The van der Waals surface area contributed by atoms with Crippen molar-refractivity contribution in [3.63, 3.8) is 0 Å². The summed E-state index contributed by atoms with van der Waals surface area (Å²) < 4.78 is 5.17. The van der Waals surface area contributed by atoms with Gasteiger partial charge in [-0.2, -0.15) is 0 Å². The van der Waals surface area contributed by atoms with E-state index in [4.69, 9.17) is 4.74 Å². The number of hydrogen-bond donors (Lipinski definition) is 1. The number of nitrogens with one attached hydrogen (secondary N) is 1. The summed E-state index contributed by atoms with van der Waals surface area (Å²) in [6, 6.07) is 7.32. The Bertz CT molecular complexity index is 549. The van der Waals surface area contributed by atoms with Gasteiger partial charge >= 0.3 is 0 Å². The molecule has 1 unspecified atom stereocenters. The highest BCUT2D eigenvalue weighted by atomic mass is 16.5. The largest absolute Gasteiger partial charge is 0.497 e. The monoisotopic (exact) mass is 290 g/mol. The van der Waals surface area contributed by atoms with E-state index in [2.05, 4.69) is 5.32 Å². The van der Waals surface area contributed by atoms with Crippen molar-refractivity contribution in [1.82, 2.24) is 5.32 Å². The first kappa shape index (κ1) is 15.4. The van der Waals surface area contributed by atoms with E-state index in [-0.39, 0.29) is 29.7 Å². The SMILES string of the molecule is COc1cccc(N2CC(C(=O)NC(C)(C)C)CC2=O)c1. The standard InChI is InChI=1S/C16H22N2O3/c1-16(2,3)17-15(20)11-8-14(19)18(10-11)12-6-5-7-13(9-12)21-4/h5-7,9,11H,8,10H2,1-4H3,(H,17,20). The number of anilines is 1. The fourth-order valence-corrected chi connectivity index (χ4v) is 2.38. The van der Waals surface area contributed by atoms with E-state index in [9.17, 15) is 9.59 Å². The van der Waals surface area contributed by atoms with E-state index in [1.165, 1.54) is 0 Å². The maximum absolute atomic E-state index is 12.2. The van der Waals surface area contributed by atoms with Crippen LogP contribution in [0.15, 0.2) is 24.3 Å². The molecule has 5 heteroatoms. The highest BCUT2D eigenvalue weighted by Crippen LogP contribution is 2.28. The number of benzene rings is 1. The van der Waals surface area contributed by atoms with Gasteiger partial charge in [-0.15, -0.1) is 0 Å². The molecule has 1 saturated heterocycles. The summed E-state index contributed by atoms with van der Waals surface area (Å²) >= 11 is 0. The molecule has 0 bridgehead atoms. The lowest BCUT2D eigenvalue weighted by atomic mass is 10.0. The molecule has 0 spiro atoms. The summed E-state index contributed by atoms with van der Waals surface area (Å²) in [7, 11) is 1.59. The van der Waals surface area contributed by atoms with Crippen molar-refractivity contribution in [2.75, 3.05) is 18.6 Å². The molecular weight excluding hydrogens is 268 g/mol. The number of amides is 2. The predicted molar refractivity (Wildman–Crippen MR) is 81.3 cm³/mol. The van der Waals surface area contributed by atoms with Crippen LogP contribution < -0.4 is 15.0 Å². The first-order valence-electron chi connectivity index (χ1n) is 7.06. The van der Waals surface area contributed by atoms with Crippen LogP contribution in [0.25, 0.3) is 0 Å². The molecule has 21 heavy (non-hydrogen) atoms. The molecule has 0 saturated carbocycles. The topological polar surface area (TPSA) is 58.6 Å². The Morgan fingerprint density at radius 2 is 2.10 bits per heavy atom. The van der Waals surface area contributed by atoms with Crippen molar-refractivity contribution in [3.8, 4) is 5.75 Å². The molecule has 1 N–H and O–H groups in total. The van der Waals surface area contributed by atoms with Crippen molar-refractivity contribution in [2.24, 2.45) is 5.92 Å². The number of carbonyl (C=O) groups is 2. The lowest BCUT2D eigenvalue weighted by molar-refractivity contribution is -0.127. The van der Waals surface area contributed by atoms with Crippen molar-refractivity contribution in [1.29, 1.82) is 0 Å². The van der Waals surface area contributed by atoms with Gasteiger partial charge in [0.1, 0.15) is 5.75 Å². The number of carbonyl (C=O) groups excluding carboxylic acids is 2. The van der Waals surface area contributed by atoms with Gasteiger partial charge in [0, 0.05) is 30.3 Å². The Hall–Kier alpha value is -2.04. The maximum Gasteiger partial charge on any atom is 0.227 e. The van der Waals surface area contributed by atoms with Crippen LogP contribution >= 0.6 is 0 Å². The zero-order valence-corrected chi connectivity index (χ0v) is 13.0. The fraction of sp³-hybridized carbons (Fsp3) is 0.500. The molecule has 114 valence electrons. The van der Waals surface area contributed by atoms with Gasteiger partial charge in [0.25, 0.3) is 0 Å². The van der Waals surface area contributed by atoms with Crippen molar-refractivity contribution in [3.05, 3.63) is 24.3 Å². The first-order valence-corrected chi connectivity index (χ1v) is 7.06. The number of rotatable bonds is 3. The van der Waals surface area contributed by atoms with Crippen LogP contribution in [0.4, 0.5) is 5.69 Å². The van der Waals surface area contributed by atoms with Gasteiger partial charge < -0.3 is 15.0 Å². The predicted octanol–water partition coefficient (Wildman–Crippen LogP) is 1.96. The number of hydrogen-bond acceptors (Lipinski definition) is 3. The van der Waals surface area contributed by atoms with E-state index in [1.807, 2.05) is 45.0 Å². The van der Waals surface area contributed by atoms with Crippen molar-refractivity contribution < 1.29 is 14.3 Å². The highest BCUT2D eigenvalue weighted by molar-refractivity contribution is 6.00. The molecular formula is C16H22N2O3. The zero-order chi connectivity index (χ0) is 15.6. The van der Waals surface area contributed by atoms with Crippen LogP contribution in [0.3, 0.4) is 0 Å². The molecule has 1 fully saturated rings. The van der Waals surface area contributed by atoms with Crippen LogP contribution in [0, 0.1) is 5.92 Å². The van der Waals surface area contributed by atoms with E-state index < -0.39 is 0 Å². The number of ether oxygens (including phenoxy) is 1. The third-order valence-corrected chi connectivity index (χ3v) is 3.36. The van der Waals surface area contributed by atoms with Gasteiger partial charge in [0.05, 0.1) is 13.0 Å². The Labute approximate surface area is 125 Å². The van der Waals surface area contributed by atoms with Crippen LogP contribution in [-0.2, 0) is 9.59 Å². The summed E-state index contributed by atoms with van der Waals surface area (Å²) in [6.45, 7) is 6.21. The minimum absolute atomic E-state index is 0.0303. The smallest absolute Gasteiger partial charge is 0.227 e. The Kier molecular flexibility index (Phi) is 4.21. The fourth-order valence-electron chi connectivity index (χ4n) is 2.38. The lowest BCUT2D eigenvalue weighted by Gasteiger charge is -2.23. The van der Waals surface area contributed by atoms with Crippen LogP contribution in [0.2, 0.25) is 0 Å². The van der Waals surface area contributed by atoms with E-state index in [0.717, 1.165) is 5.69 Å². The normalized spacial score (nSPS) is 18.8. The molecule has 2 rings (SSSR count). The van der Waals surface area contributed by atoms with E-state index in [0.29, 0.717) is 12.3 Å². The molecule has 1 aliphatic rings. The van der Waals surface area contributed by atoms with Crippen molar-refractivity contribution >= 4 is 17.5 Å². The maximum atomic E-state index is 12.2. The third kappa shape index (κ3) is 3.74. The Morgan fingerprint density at radius 1 is 1.38 bits per heavy atom. The molecule has 1 aliphatic heterocycles. The molecule has 2 amide bonds. The van der Waals surface area contributed by atoms with Crippen LogP contribution in [0.1, 0.15) is 27.2 Å². The van der Waals surface area contributed by atoms with Gasteiger partial charge in [0.15, 0.2) is 0 Å². The number of methoxy groups -OCH3 is 1. The average molecular weight is 290 g/mol. The van der Waals surface area contributed by atoms with Gasteiger partial charge in [-0.05, 0) is 32.9 Å². The summed E-state index contributed by atoms with van der Waals surface area (Å²) in [4.78, 5) is 26.0. The molecule has 0 aliphatic carbocycles. The van der Waals surface area contributed by atoms with E-state index >= 15 is 0 Å². The van der Waals surface area contributed by atoms with E-state index in [1.54, 1.807) is 12.0 Å². The Balaban J connectivity index is 2.10. The summed E-state index contributed by atoms with van der Waals surface area (Å²) in [6.07, 6.45) is 0.249. The molecule has 1 atom stereocenters. The van der Waals surface area contributed by atoms with Gasteiger partial charge in [-0.25, -0.2) is 0 Å². The Morgan fingerprint density at radius 3 is 2.71 bits per heavy atom. The molecule has 5 nitrogen and oxygen atoms in total. The van der Waals surface area contributed by atoms with Crippen molar-refractivity contribution in [2.45, 2.75) is 32.7 Å². The summed E-state index contributed by atoms with van der Waals surface area (Å²) in [5, 5.41) is 2.93. The molecule has 0 radical (unpaired) electrons. The minimum Gasteiger partial charge on any atom is -0.497 e. The molecule has 1 aromatic carbocycles. The minimum atomic E-state index is -0.303. The number of nitrogens with zero attached hydrogens (tertiary/aromatic N) is 1. The first-order chi connectivity index (χ1) is 9.80. The quantitative estimate of drug-likeness (QED) is 0.926. The summed E-state index contributed by atoms with van der Waals surface area (Å²) in [5.74, 6) is 0.296. The van der Waals surface area contributed by atoms with Gasteiger partial charge in [-0.1, -0.05) is 6.07 Å². The highest BCUT2D eigenvalue weighted by Gasteiger charge is 2.36. The summed E-state index contributed by atoms with van der Waals surface area (Å²) in [5.41, 5.74) is 0.481. The van der Waals surface area contributed by atoms with Gasteiger partial charge in [-0.3, -0.25) is 9.59 Å². The second-order valence-corrected chi connectivity index (χ2v) is 6.35. The molecule has 1 heterocycles. The van der Waals surface area contributed by atoms with Gasteiger partial charge in [0.2, 0.25) is 11.8 Å². The second-order valence-electron chi connectivity index (χ2n) is 6.35. The zero-order valence-electron chi connectivity index (χ0n) is 13.0. The average Bonchev–Trinajstić information content (AvgIpc) is 2.79.